The van der Waals surface area contributed by atoms with E-state index in [0.717, 1.165) is 44.4 Å². The number of furan rings is 1. The summed E-state index contributed by atoms with van der Waals surface area (Å²) in [7, 11) is 0. The predicted octanol–water partition coefficient (Wildman–Crippen LogP) is 11.6. The van der Waals surface area contributed by atoms with E-state index in [1.807, 2.05) is 47.7 Å². The minimum atomic E-state index is 0.627. The third-order valence-electron chi connectivity index (χ3n) is 8.47. The third kappa shape index (κ3) is 3.53. The molecular formula is C39H22N2OS. The minimum absolute atomic E-state index is 0.627. The van der Waals surface area contributed by atoms with E-state index in [4.69, 9.17) is 4.42 Å². The average Bonchev–Trinajstić information content (AvgIpc) is 3.64. The van der Waals surface area contributed by atoms with Gasteiger partial charge in [0.15, 0.2) is 5.58 Å². The molecule has 0 atom stereocenters. The number of hydrogen-bond donors (Lipinski definition) is 0. The molecule has 0 saturated heterocycles. The van der Waals surface area contributed by atoms with E-state index in [9.17, 15) is 5.26 Å². The van der Waals surface area contributed by atoms with Gasteiger partial charge >= 0.3 is 0 Å². The van der Waals surface area contributed by atoms with E-state index in [0.29, 0.717) is 5.56 Å². The predicted molar refractivity (Wildman–Crippen MR) is 181 cm³/mol. The van der Waals surface area contributed by atoms with Gasteiger partial charge in [0, 0.05) is 42.0 Å². The van der Waals surface area contributed by atoms with E-state index < -0.39 is 0 Å². The molecule has 9 rings (SSSR count). The Morgan fingerprint density at radius 1 is 0.581 bits per heavy atom. The van der Waals surface area contributed by atoms with Crippen molar-refractivity contribution in [1.82, 2.24) is 0 Å². The van der Waals surface area contributed by atoms with Crippen molar-refractivity contribution in [2.45, 2.75) is 0 Å². The fraction of sp³-hybridized carbons (Fsp3) is 0. The van der Waals surface area contributed by atoms with Crippen LogP contribution in [-0.2, 0) is 0 Å². The van der Waals surface area contributed by atoms with Crippen LogP contribution in [0, 0.1) is 11.3 Å². The molecule has 9 aromatic rings. The summed E-state index contributed by atoms with van der Waals surface area (Å²) in [5, 5.41) is 19.2. The molecule has 0 aliphatic rings. The lowest BCUT2D eigenvalue weighted by atomic mass is 9.99. The van der Waals surface area contributed by atoms with Crippen LogP contribution in [0.15, 0.2) is 138 Å². The molecule has 0 bridgehead atoms. The maximum atomic E-state index is 9.55. The highest BCUT2D eigenvalue weighted by atomic mass is 32.1. The lowest BCUT2D eigenvalue weighted by Crippen LogP contribution is -2.11. The fourth-order valence-corrected chi connectivity index (χ4v) is 7.82. The first-order valence-electron chi connectivity index (χ1n) is 14.2. The van der Waals surface area contributed by atoms with Crippen molar-refractivity contribution in [3.05, 3.63) is 139 Å². The monoisotopic (exact) mass is 566 g/mol. The Hall–Kier alpha value is -5.63. The average molecular weight is 567 g/mol. The molecule has 3 nitrogen and oxygen atoms in total. The van der Waals surface area contributed by atoms with Gasteiger partial charge in [0.1, 0.15) is 5.58 Å². The number of para-hydroxylation sites is 2. The number of anilines is 3. The Labute approximate surface area is 251 Å². The molecule has 0 N–H and O–H groups in total. The molecule has 0 radical (unpaired) electrons. The van der Waals surface area contributed by atoms with E-state index in [2.05, 4.69) is 108 Å². The fourth-order valence-electron chi connectivity index (χ4n) is 6.54. The number of nitrogens with zero attached hydrogens (tertiary/aromatic N) is 2. The number of thiophene rings is 1. The molecule has 0 spiro atoms. The van der Waals surface area contributed by atoms with Crippen LogP contribution in [0.25, 0.3) is 63.7 Å². The second-order valence-electron chi connectivity index (χ2n) is 10.8. The molecule has 200 valence electrons. The number of hydrogen-bond acceptors (Lipinski definition) is 4. The van der Waals surface area contributed by atoms with Crippen LogP contribution in [0.3, 0.4) is 0 Å². The van der Waals surface area contributed by atoms with Gasteiger partial charge in [-0.1, -0.05) is 91.0 Å². The first-order chi connectivity index (χ1) is 21.3. The minimum Gasteiger partial charge on any atom is -0.454 e. The van der Waals surface area contributed by atoms with Crippen molar-refractivity contribution >= 4 is 92.1 Å². The SMILES string of the molecule is N#Cc1ccc(N(c2cc3sc4c5ccccc5ccc4c3c3ccccc23)c2cccc3c2oc2ccccc23)cc1. The Morgan fingerprint density at radius 2 is 1.30 bits per heavy atom. The summed E-state index contributed by atoms with van der Waals surface area (Å²) < 4.78 is 9.09. The Balaban J connectivity index is 1.41. The normalized spacial score (nSPS) is 11.7. The van der Waals surface area contributed by atoms with Crippen LogP contribution >= 0.6 is 11.3 Å². The summed E-state index contributed by atoms with van der Waals surface area (Å²) in [6, 6.07) is 48.8. The smallest absolute Gasteiger partial charge is 0.159 e. The lowest BCUT2D eigenvalue weighted by Gasteiger charge is -2.27. The summed E-state index contributed by atoms with van der Waals surface area (Å²) in [5.74, 6) is 0. The highest BCUT2D eigenvalue weighted by Gasteiger charge is 2.23. The van der Waals surface area contributed by atoms with Gasteiger partial charge < -0.3 is 9.32 Å². The summed E-state index contributed by atoms with van der Waals surface area (Å²) in [6.07, 6.45) is 0. The van der Waals surface area contributed by atoms with Gasteiger partial charge in [0.2, 0.25) is 0 Å². The van der Waals surface area contributed by atoms with Crippen molar-refractivity contribution in [3.63, 3.8) is 0 Å². The molecule has 0 amide bonds. The van der Waals surface area contributed by atoms with Crippen molar-refractivity contribution in [3.8, 4) is 6.07 Å². The molecule has 2 aromatic heterocycles. The molecule has 0 fully saturated rings. The van der Waals surface area contributed by atoms with Gasteiger partial charge in [-0.2, -0.15) is 5.26 Å². The molecule has 43 heavy (non-hydrogen) atoms. The van der Waals surface area contributed by atoms with Crippen molar-refractivity contribution in [1.29, 1.82) is 5.26 Å². The number of nitriles is 1. The van der Waals surface area contributed by atoms with E-state index in [-0.39, 0.29) is 0 Å². The second-order valence-corrected chi connectivity index (χ2v) is 11.9. The van der Waals surface area contributed by atoms with Gasteiger partial charge in [-0.3, -0.25) is 0 Å². The molecule has 0 unspecified atom stereocenters. The van der Waals surface area contributed by atoms with Crippen molar-refractivity contribution < 1.29 is 4.42 Å². The highest BCUT2D eigenvalue weighted by molar-refractivity contribution is 7.27. The quantitative estimate of drug-likeness (QED) is 0.214. The van der Waals surface area contributed by atoms with Crippen LogP contribution in [0.1, 0.15) is 5.56 Å². The van der Waals surface area contributed by atoms with Gasteiger partial charge in [0.25, 0.3) is 0 Å². The molecule has 2 heterocycles. The topological polar surface area (TPSA) is 40.2 Å². The second kappa shape index (κ2) is 9.19. The van der Waals surface area contributed by atoms with E-state index in [1.165, 1.54) is 36.3 Å². The molecule has 4 heteroatoms. The summed E-state index contributed by atoms with van der Waals surface area (Å²) in [6.45, 7) is 0. The largest absolute Gasteiger partial charge is 0.454 e. The van der Waals surface area contributed by atoms with Gasteiger partial charge in [-0.15, -0.1) is 11.3 Å². The summed E-state index contributed by atoms with van der Waals surface area (Å²) in [5.41, 5.74) is 5.30. The Kier molecular flexibility index (Phi) is 5.13. The molecule has 0 aliphatic carbocycles. The number of benzene rings is 7. The van der Waals surface area contributed by atoms with Crippen molar-refractivity contribution in [2.24, 2.45) is 0 Å². The first-order valence-corrected chi connectivity index (χ1v) is 15.1. The molecule has 0 saturated carbocycles. The van der Waals surface area contributed by atoms with Crippen molar-refractivity contribution in [2.75, 3.05) is 4.90 Å². The van der Waals surface area contributed by atoms with Gasteiger partial charge in [-0.05, 0) is 58.6 Å². The number of fused-ring (bicyclic) bond motifs is 10. The number of rotatable bonds is 3. The molecular weight excluding hydrogens is 545 g/mol. The lowest BCUT2D eigenvalue weighted by molar-refractivity contribution is 0.669. The van der Waals surface area contributed by atoms with Crippen LogP contribution < -0.4 is 4.90 Å². The van der Waals surface area contributed by atoms with Crippen LogP contribution in [-0.4, -0.2) is 0 Å². The van der Waals surface area contributed by atoms with Gasteiger partial charge in [0.05, 0.1) is 23.0 Å². The maximum absolute atomic E-state index is 9.55. The zero-order valence-corrected chi connectivity index (χ0v) is 23.7. The van der Waals surface area contributed by atoms with Gasteiger partial charge in [-0.25, -0.2) is 0 Å². The van der Waals surface area contributed by atoms with E-state index >= 15 is 0 Å². The third-order valence-corrected chi connectivity index (χ3v) is 9.65. The Morgan fingerprint density at radius 3 is 2.14 bits per heavy atom. The van der Waals surface area contributed by atoms with Crippen LogP contribution in [0.2, 0.25) is 0 Å². The Bertz CT molecular complexity index is 2580. The standard InChI is InChI=1S/C39H22N2OS/c40-23-24-16-19-26(20-17-24)41(33-14-7-13-31-29-11-5-6-15-35(29)42-38(31)33)34-22-36-37(30-12-4-3-10-28(30)34)32-21-18-25-8-1-2-9-27(25)39(32)43-36/h1-22H. The zero-order valence-electron chi connectivity index (χ0n) is 22.9. The zero-order chi connectivity index (χ0) is 28.5. The molecule has 7 aromatic carbocycles. The first kappa shape index (κ1) is 24.0. The van der Waals surface area contributed by atoms with Crippen LogP contribution in [0.4, 0.5) is 17.1 Å². The maximum Gasteiger partial charge on any atom is 0.159 e. The molecule has 0 aliphatic heterocycles. The summed E-state index contributed by atoms with van der Waals surface area (Å²) >= 11 is 1.85. The van der Waals surface area contributed by atoms with E-state index in [1.54, 1.807) is 0 Å². The highest BCUT2D eigenvalue weighted by Crippen LogP contribution is 2.49. The van der Waals surface area contributed by atoms with Crippen LogP contribution in [0.5, 0.6) is 0 Å². The summed E-state index contributed by atoms with van der Waals surface area (Å²) in [4.78, 5) is 2.29.